The first-order valence-corrected chi connectivity index (χ1v) is 10.4. The van der Waals surface area contributed by atoms with Crippen LogP contribution in [-0.4, -0.2) is 26.0 Å². The number of furan rings is 2. The summed E-state index contributed by atoms with van der Waals surface area (Å²) in [5, 5.41) is 13.5. The van der Waals surface area contributed by atoms with E-state index in [1.54, 1.807) is 73.3 Å². The van der Waals surface area contributed by atoms with Crippen molar-refractivity contribution in [2.75, 3.05) is 5.32 Å². The van der Waals surface area contributed by atoms with Crippen LogP contribution in [0.4, 0.5) is 5.69 Å². The van der Waals surface area contributed by atoms with Crippen LogP contribution in [0.5, 0.6) is 5.75 Å². The number of anilines is 1. The van der Waals surface area contributed by atoms with Crippen molar-refractivity contribution < 1.29 is 18.7 Å². The quantitative estimate of drug-likeness (QED) is 0.358. The maximum Gasteiger partial charge on any atom is 0.256 e. The second kappa shape index (κ2) is 7.86. The Bertz CT molecular complexity index is 1660. The number of carbonyl (C=O) groups excluding carboxylic acids is 1. The number of phenols is 1. The van der Waals surface area contributed by atoms with Gasteiger partial charge in [0.15, 0.2) is 11.5 Å². The topological polar surface area (TPSA) is 114 Å². The molecule has 0 saturated heterocycles. The van der Waals surface area contributed by atoms with E-state index in [-0.39, 0.29) is 11.7 Å². The molecule has 0 radical (unpaired) electrons. The summed E-state index contributed by atoms with van der Waals surface area (Å²) in [6, 6.07) is 19.0. The van der Waals surface area contributed by atoms with E-state index in [1.807, 2.05) is 6.07 Å². The summed E-state index contributed by atoms with van der Waals surface area (Å²) in [5.41, 5.74) is 3.63. The SMILES string of the molecule is O=C(Nc1ccc2nc(-c3ccco3)c(-c3ccco3)nc2c1)c1ccc(O)c2ncccc12. The number of nitrogens with zero attached hydrogens (tertiary/aromatic N) is 3. The Kier molecular flexibility index (Phi) is 4.55. The average molecular weight is 448 g/mol. The number of aromatic nitrogens is 3. The summed E-state index contributed by atoms with van der Waals surface area (Å²) in [7, 11) is 0. The number of hydrogen-bond acceptors (Lipinski definition) is 7. The van der Waals surface area contributed by atoms with Crippen molar-refractivity contribution in [1.82, 2.24) is 15.0 Å². The monoisotopic (exact) mass is 448 g/mol. The number of hydrogen-bond donors (Lipinski definition) is 2. The Labute approximate surface area is 192 Å². The molecule has 8 nitrogen and oxygen atoms in total. The average Bonchev–Trinajstić information content (AvgIpc) is 3.58. The predicted molar refractivity (Wildman–Crippen MR) is 126 cm³/mol. The maximum absolute atomic E-state index is 13.1. The van der Waals surface area contributed by atoms with Crippen LogP contribution < -0.4 is 5.32 Å². The Morgan fingerprint density at radius 1 is 0.824 bits per heavy atom. The van der Waals surface area contributed by atoms with Gasteiger partial charge in [0.05, 0.1) is 23.6 Å². The van der Waals surface area contributed by atoms with Crippen molar-refractivity contribution in [2.24, 2.45) is 0 Å². The molecule has 4 heterocycles. The standard InChI is InChI=1S/C26H16N4O4/c31-20-10-8-17(16-4-1-11-27-23(16)20)26(32)28-15-7-9-18-19(14-15)30-25(22-6-3-13-34-22)24(29-18)21-5-2-12-33-21/h1-14,31H,(H,28,32). The summed E-state index contributed by atoms with van der Waals surface area (Å²) in [6.45, 7) is 0. The molecule has 0 aliphatic heterocycles. The Hall–Kier alpha value is -4.98. The highest BCUT2D eigenvalue weighted by molar-refractivity contribution is 6.13. The molecule has 0 atom stereocenters. The van der Waals surface area contributed by atoms with Gasteiger partial charge in [0, 0.05) is 22.8 Å². The van der Waals surface area contributed by atoms with E-state index < -0.39 is 0 Å². The van der Waals surface area contributed by atoms with Gasteiger partial charge < -0.3 is 19.3 Å². The van der Waals surface area contributed by atoms with Crippen LogP contribution in [0.2, 0.25) is 0 Å². The maximum atomic E-state index is 13.1. The number of aromatic hydroxyl groups is 1. The van der Waals surface area contributed by atoms with Gasteiger partial charge in [-0.25, -0.2) is 9.97 Å². The molecule has 6 aromatic rings. The summed E-state index contributed by atoms with van der Waals surface area (Å²) in [6.07, 6.45) is 4.72. The van der Waals surface area contributed by atoms with Crippen LogP contribution in [0, 0.1) is 0 Å². The lowest BCUT2D eigenvalue weighted by molar-refractivity contribution is 0.102. The van der Waals surface area contributed by atoms with E-state index in [9.17, 15) is 9.90 Å². The lowest BCUT2D eigenvalue weighted by atomic mass is 10.1. The first-order chi connectivity index (χ1) is 16.7. The van der Waals surface area contributed by atoms with Gasteiger partial charge in [-0.05, 0) is 60.7 Å². The van der Waals surface area contributed by atoms with Crippen molar-refractivity contribution in [3.05, 3.63) is 91.0 Å². The molecule has 34 heavy (non-hydrogen) atoms. The van der Waals surface area contributed by atoms with Crippen LogP contribution in [0.25, 0.3) is 44.8 Å². The highest BCUT2D eigenvalue weighted by atomic mass is 16.3. The smallest absolute Gasteiger partial charge is 0.256 e. The highest BCUT2D eigenvalue weighted by Crippen LogP contribution is 2.32. The van der Waals surface area contributed by atoms with Crippen molar-refractivity contribution >= 4 is 33.5 Å². The molecule has 0 saturated carbocycles. The summed E-state index contributed by atoms with van der Waals surface area (Å²) >= 11 is 0. The van der Waals surface area contributed by atoms with Crippen LogP contribution >= 0.6 is 0 Å². The second-order valence-electron chi connectivity index (χ2n) is 7.56. The fourth-order valence-electron chi connectivity index (χ4n) is 3.86. The normalized spacial score (nSPS) is 11.2. The van der Waals surface area contributed by atoms with Gasteiger partial charge >= 0.3 is 0 Å². The van der Waals surface area contributed by atoms with Gasteiger partial charge in [-0.3, -0.25) is 9.78 Å². The summed E-state index contributed by atoms with van der Waals surface area (Å²) < 4.78 is 11.1. The van der Waals surface area contributed by atoms with Gasteiger partial charge in [0.25, 0.3) is 5.91 Å². The number of carbonyl (C=O) groups is 1. The van der Waals surface area contributed by atoms with Crippen LogP contribution in [0.15, 0.2) is 94.3 Å². The number of benzene rings is 2. The third-order valence-electron chi connectivity index (χ3n) is 5.42. The Morgan fingerprint density at radius 2 is 1.56 bits per heavy atom. The van der Waals surface area contributed by atoms with Gasteiger partial charge in [-0.1, -0.05) is 6.07 Å². The minimum absolute atomic E-state index is 0.0194. The molecule has 0 unspecified atom stereocenters. The van der Waals surface area contributed by atoms with Crippen LogP contribution in [0.1, 0.15) is 10.4 Å². The molecule has 0 fully saturated rings. The van der Waals surface area contributed by atoms with Gasteiger partial charge in [0.1, 0.15) is 22.7 Å². The minimum atomic E-state index is -0.330. The molecule has 6 rings (SSSR count). The highest BCUT2D eigenvalue weighted by Gasteiger charge is 2.18. The molecule has 164 valence electrons. The number of nitrogens with one attached hydrogen (secondary N) is 1. The van der Waals surface area contributed by atoms with E-state index >= 15 is 0 Å². The molecular weight excluding hydrogens is 432 g/mol. The largest absolute Gasteiger partial charge is 0.506 e. The molecule has 0 bridgehead atoms. The zero-order valence-electron chi connectivity index (χ0n) is 17.6. The molecule has 2 aromatic carbocycles. The molecule has 0 aliphatic rings. The van der Waals surface area contributed by atoms with E-state index in [1.165, 1.54) is 6.07 Å². The molecule has 4 aromatic heterocycles. The zero-order chi connectivity index (χ0) is 23.1. The summed E-state index contributed by atoms with van der Waals surface area (Å²) in [5.74, 6) is 0.819. The number of pyridine rings is 1. The lowest BCUT2D eigenvalue weighted by Crippen LogP contribution is -2.12. The number of rotatable bonds is 4. The van der Waals surface area contributed by atoms with Gasteiger partial charge in [-0.2, -0.15) is 0 Å². The van der Waals surface area contributed by atoms with E-state index in [2.05, 4.69) is 10.3 Å². The minimum Gasteiger partial charge on any atom is -0.506 e. The molecule has 8 heteroatoms. The molecule has 2 N–H and O–H groups in total. The molecular formula is C26H16N4O4. The van der Waals surface area contributed by atoms with Crippen molar-refractivity contribution in [1.29, 1.82) is 0 Å². The van der Waals surface area contributed by atoms with Gasteiger partial charge in [0.2, 0.25) is 0 Å². The van der Waals surface area contributed by atoms with Crippen molar-refractivity contribution in [3.63, 3.8) is 0 Å². The van der Waals surface area contributed by atoms with Crippen LogP contribution in [0.3, 0.4) is 0 Å². The lowest BCUT2D eigenvalue weighted by Gasteiger charge is -2.10. The predicted octanol–water partition coefficient (Wildman–Crippen LogP) is 5.66. The second-order valence-corrected chi connectivity index (χ2v) is 7.56. The third-order valence-corrected chi connectivity index (χ3v) is 5.42. The van der Waals surface area contributed by atoms with E-state index in [0.29, 0.717) is 56.1 Å². The molecule has 1 amide bonds. The van der Waals surface area contributed by atoms with Crippen LogP contribution in [-0.2, 0) is 0 Å². The molecule has 0 spiro atoms. The van der Waals surface area contributed by atoms with E-state index in [4.69, 9.17) is 18.8 Å². The zero-order valence-corrected chi connectivity index (χ0v) is 17.6. The fraction of sp³-hybridized carbons (Fsp3) is 0. The van der Waals surface area contributed by atoms with Crippen molar-refractivity contribution in [2.45, 2.75) is 0 Å². The molecule has 0 aliphatic carbocycles. The van der Waals surface area contributed by atoms with Gasteiger partial charge in [-0.15, -0.1) is 0 Å². The number of fused-ring (bicyclic) bond motifs is 2. The fourth-order valence-corrected chi connectivity index (χ4v) is 3.86. The number of phenolic OH excluding ortho intramolecular Hbond substituents is 1. The Balaban J connectivity index is 1.41. The van der Waals surface area contributed by atoms with E-state index in [0.717, 1.165) is 0 Å². The summed E-state index contributed by atoms with van der Waals surface area (Å²) in [4.78, 5) is 26.7. The Morgan fingerprint density at radius 3 is 2.26 bits per heavy atom. The third kappa shape index (κ3) is 3.34. The number of amides is 1. The van der Waals surface area contributed by atoms with Crippen molar-refractivity contribution in [3.8, 4) is 28.7 Å². The first-order valence-electron chi connectivity index (χ1n) is 10.4. The first kappa shape index (κ1) is 19.7.